The number of nitrogens with zero attached hydrogens (tertiary/aromatic N) is 2. The monoisotopic (exact) mass is 390 g/mol. The second kappa shape index (κ2) is 7.85. The topological polar surface area (TPSA) is 76.2 Å². The first-order chi connectivity index (χ1) is 13.6. The summed E-state index contributed by atoms with van der Waals surface area (Å²) >= 11 is 0. The summed E-state index contributed by atoms with van der Waals surface area (Å²) in [4.78, 5) is 42.8. The highest BCUT2D eigenvalue weighted by Gasteiger charge is 2.56. The molecule has 0 aromatic rings. The largest absolute Gasteiger partial charge is 0.465 e. The molecule has 0 N–H and O–H groups in total. The van der Waals surface area contributed by atoms with Gasteiger partial charge in [0.2, 0.25) is 11.8 Å². The molecule has 2 atom stereocenters. The van der Waals surface area contributed by atoms with E-state index in [1.54, 1.807) is 4.90 Å². The lowest BCUT2D eigenvalue weighted by Gasteiger charge is -2.51. The standard InChI is InChI=1S/C21H30N2O5/c1-2-28-20(26)21-7-3-5-15-6-4-8-23(18(15)21)19(25)16(14-21)13-17(24)22-9-11-27-12-10-22/h16H,2-14H2,1H3/t16-,21-/m0/s1. The maximum Gasteiger partial charge on any atom is 0.318 e. The van der Waals surface area contributed by atoms with E-state index in [2.05, 4.69) is 0 Å². The number of amides is 2. The van der Waals surface area contributed by atoms with Crippen molar-refractivity contribution in [3.63, 3.8) is 0 Å². The quantitative estimate of drug-likeness (QED) is 0.685. The number of hydrogen-bond acceptors (Lipinski definition) is 5. The maximum absolute atomic E-state index is 13.3. The number of rotatable bonds is 4. The molecule has 28 heavy (non-hydrogen) atoms. The third-order valence-electron chi connectivity index (χ3n) is 6.66. The Kier molecular flexibility index (Phi) is 5.45. The third-order valence-corrected chi connectivity index (χ3v) is 6.66. The van der Waals surface area contributed by atoms with Gasteiger partial charge in [-0.3, -0.25) is 14.4 Å². The van der Waals surface area contributed by atoms with Gasteiger partial charge in [0.05, 0.1) is 19.8 Å². The van der Waals surface area contributed by atoms with E-state index in [4.69, 9.17) is 9.47 Å². The summed E-state index contributed by atoms with van der Waals surface area (Å²) < 4.78 is 10.8. The zero-order valence-corrected chi connectivity index (χ0v) is 16.7. The van der Waals surface area contributed by atoms with E-state index in [9.17, 15) is 14.4 Å². The fraction of sp³-hybridized carbons (Fsp3) is 0.762. The van der Waals surface area contributed by atoms with Crippen LogP contribution in [0.1, 0.15) is 51.9 Å². The van der Waals surface area contributed by atoms with Crippen molar-refractivity contribution in [1.82, 2.24) is 9.80 Å². The van der Waals surface area contributed by atoms with Crippen LogP contribution >= 0.6 is 0 Å². The predicted molar refractivity (Wildman–Crippen MR) is 101 cm³/mol. The molecule has 0 aromatic carbocycles. The summed E-state index contributed by atoms with van der Waals surface area (Å²) in [5.74, 6) is -0.678. The van der Waals surface area contributed by atoms with Crippen LogP contribution in [0, 0.1) is 11.3 Å². The molecule has 2 fully saturated rings. The second-order valence-corrected chi connectivity index (χ2v) is 8.30. The van der Waals surface area contributed by atoms with E-state index in [-0.39, 0.29) is 24.2 Å². The van der Waals surface area contributed by atoms with Crippen molar-refractivity contribution in [2.24, 2.45) is 11.3 Å². The third kappa shape index (κ3) is 3.23. The SMILES string of the molecule is CCOC(=O)[C@]12CCCC3=C1N(CCC3)C(=O)[C@@H](CC(=O)N1CCOCC1)C2. The molecule has 154 valence electrons. The van der Waals surface area contributed by atoms with Crippen molar-refractivity contribution in [3.05, 3.63) is 11.3 Å². The normalized spacial score (nSPS) is 30.2. The maximum atomic E-state index is 13.3. The van der Waals surface area contributed by atoms with Crippen molar-refractivity contribution in [2.75, 3.05) is 39.5 Å². The van der Waals surface area contributed by atoms with Crippen LogP contribution in [0.25, 0.3) is 0 Å². The fourth-order valence-electron chi connectivity index (χ4n) is 5.44. The second-order valence-electron chi connectivity index (χ2n) is 8.30. The number of piperidine rings is 1. The molecular formula is C21H30N2O5. The zero-order valence-electron chi connectivity index (χ0n) is 16.7. The van der Waals surface area contributed by atoms with Crippen molar-refractivity contribution in [2.45, 2.75) is 51.9 Å². The van der Waals surface area contributed by atoms with Gasteiger partial charge < -0.3 is 19.3 Å². The van der Waals surface area contributed by atoms with Crippen molar-refractivity contribution < 1.29 is 23.9 Å². The fourth-order valence-corrected chi connectivity index (χ4v) is 5.44. The van der Waals surface area contributed by atoms with Gasteiger partial charge in [0, 0.05) is 37.7 Å². The Morgan fingerprint density at radius 2 is 1.93 bits per heavy atom. The summed E-state index contributed by atoms with van der Waals surface area (Å²) in [6.45, 7) is 5.01. The first-order valence-electron chi connectivity index (χ1n) is 10.6. The van der Waals surface area contributed by atoms with Crippen LogP contribution in [-0.2, 0) is 23.9 Å². The van der Waals surface area contributed by atoms with E-state index in [1.165, 1.54) is 5.57 Å². The molecule has 0 radical (unpaired) electrons. The van der Waals surface area contributed by atoms with Crippen molar-refractivity contribution in [1.29, 1.82) is 0 Å². The van der Waals surface area contributed by atoms with Gasteiger partial charge in [0.1, 0.15) is 5.41 Å². The Balaban J connectivity index is 1.63. The summed E-state index contributed by atoms with van der Waals surface area (Å²) in [7, 11) is 0. The molecule has 4 aliphatic rings. The Bertz CT molecular complexity index is 693. The first-order valence-corrected chi connectivity index (χ1v) is 10.6. The minimum atomic E-state index is -0.756. The van der Waals surface area contributed by atoms with Crippen molar-refractivity contribution in [3.8, 4) is 0 Å². The summed E-state index contributed by atoms with van der Waals surface area (Å²) in [6.07, 6.45) is 5.04. The first kappa shape index (κ1) is 19.4. The van der Waals surface area contributed by atoms with Crippen LogP contribution in [0.3, 0.4) is 0 Å². The van der Waals surface area contributed by atoms with Gasteiger partial charge in [-0.2, -0.15) is 0 Å². The highest BCUT2D eigenvalue weighted by molar-refractivity contribution is 5.92. The zero-order chi connectivity index (χ0) is 19.7. The van der Waals surface area contributed by atoms with Gasteiger partial charge in [0.15, 0.2) is 0 Å². The van der Waals surface area contributed by atoms with E-state index in [0.717, 1.165) is 31.4 Å². The van der Waals surface area contributed by atoms with Crippen molar-refractivity contribution >= 4 is 17.8 Å². The molecule has 0 unspecified atom stereocenters. The molecule has 0 saturated carbocycles. The van der Waals surface area contributed by atoms with Crippen LogP contribution in [0.2, 0.25) is 0 Å². The van der Waals surface area contributed by atoms with Crippen LogP contribution in [0.5, 0.6) is 0 Å². The highest BCUT2D eigenvalue weighted by Crippen LogP contribution is 2.54. The molecule has 4 rings (SSSR count). The van der Waals surface area contributed by atoms with Gasteiger partial charge in [-0.15, -0.1) is 0 Å². The molecule has 0 spiro atoms. The Morgan fingerprint density at radius 1 is 1.18 bits per heavy atom. The summed E-state index contributed by atoms with van der Waals surface area (Å²) in [5.41, 5.74) is 1.41. The molecule has 2 amide bonds. The lowest BCUT2D eigenvalue weighted by molar-refractivity contribution is -0.163. The molecule has 0 aromatic heterocycles. The number of carbonyl (C=O) groups is 3. The van der Waals surface area contributed by atoms with Gasteiger partial charge in [0.25, 0.3) is 0 Å². The minimum Gasteiger partial charge on any atom is -0.465 e. The molecule has 1 aliphatic carbocycles. The van der Waals surface area contributed by atoms with Gasteiger partial charge in [-0.25, -0.2) is 0 Å². The lowest BCUT2D eigenvalue weighted by atomic mass is 9.63. The van der Waals surface area contributed by atoms with E-state index >= 15 is 0 Å². The molecule has 3 aliphatic heterocycles. The number of ether oxygens (including phenoxy) is 2. The average molecular weight is 390 g/mol. The molecule has 7 nitrogen and oxygen atoms in total. The molecule has 2 saturated heterocycles. The Labute approximate surface area is 166 Å². The predicted octanol–water partition coefficient (Wildman–Crippen LogP) is 1.87. The summed E-state index contributed by atoms with van der Waals surface area (Å²) in [6, 6.07) is 0. The van der Waals surface area contributed by atoms with Gasteiger partial charge in [-0.05, 0) is 51.0 Å². The molecular weight excluding hydrogens is 360 g/mol. The highest BCUT2D eigenvalue weighted by atomic mass is 16.5. The summed E-state index contributed by atoms with van der Waals surface area (Å²) in [5, 5.41) is 0. The number of morpholine rings is 1. The Morgan fingerprint density at radius 3 is 2.68 bits per heavy atom. The molecule has 3 heterocycles. The van der Waals surface area contributed by atoms with Gasteiger partial charge >= 0.3 is 5.97 Å². The van der Waals surface area contributed by atoms with E-state index < -0.39 is 11.3 Å². The van der Waals surface area contributed by atoms with Crippen LogP contribution in [0.4, 0.5) is 0 Å². The number of esters is 1. The molecule has 0 bridgehead atoms. The van der Waals surface area contributed by atoms with Crippen LogP contribution in [0.15, 0.2) is 11.3 Å². The van der Waals surface area contributed by atoms with Crippen LogP contribution in [-0.4, -0.2) is 67.0 Å². The minimum absolute atomic E-state index is 0.00985. The number of carbonyl (C=O) groups excluding carboxylic acids is 3. The number of hydrogen-bond donors (Lipinski definition) is 0. The number of allylic oxidation sites excluding steroid dienone is 1. The van der Waals surface area contributed by atoms with Gasteiger partial charge in [-0.1, -0.05) is 0 Å². The lowest BCUT2D eigenvalue weighted by Crippen LogP contribution is -2.56. The smallest absolute Gasteiger partial charge is 0.318 e. The average Bonchev–Trinajstić information content (AvgIpc) is 2.72. The van der Waals surface area contributed by atoms with E-state index in [0.29, 0.717) is 52.3 Å². The molecule has 7 heteroatoms. The van der Waals surface area contributed by atoms with Crippen LogP contribution < -0.4 is 0 Å². The van der Waals surface area contributed by atoms with E-state index in [1.807, 2.05) is 11.8 Å². The Hall–Kier alpha value is -1.89.